The minimum Gasteiger partial charge on any atom is -0.748 e. The number of likely N-dealkylation sites (N-methyl/N-ethyl adjacent to an activating group) is 1. The van der Waals surface area contributed by atoms with E-state index in [-0.39, 0.29) is 29.6 Å². The SMILES string of the molecule is CCN1/C(=C/C=C\C=C\C2=[N+](CCCCS(=O)(=O)[O-])c3ccccc3C2(C)C)C(C)(C)c2cc(C(=O)ON3C(=O)CCC3=O)ccc21. The number of hydroxylamine groups is 2. The van der Waals surface area contributed by atoms with E-state index < -0.39 is 33.3 Å². The van der Waals surface area contributed by atoms with Gasteiger partial charge in [-0.1, -0.05) is 50.3 Å². The molecule has 3 aliphatic rings. The Labute approximate surface area is 276 Å². The highest BCUT2D eigenvalue weighted by atomic mass is 32.2. The van der Waals surface area contributed by atoms with Crippen molar-refractivity contribution in [1.29, 1.82) is 0 Å². The lowest BCUT2D eigenvalue weighted by Gasteiger charge is -2.25. The monoisotopic (exact) mass is 659 g/mol. The smallest absolute Gasteiger partial charge is 0.363 e. The lowest BCUT2D eigenvalue weighted by molar-refractivity contribution is -0.438. The van der Waals surface area contributed by atoms with E-state index in [9.17, 15) is 27.4 Å². The zero-order valence-electron chi connectivity index (χ0n) is 27.5. The second-order valence-corrected chi connectivity index (χ2v) is 14.5. The second kappa shape index (κ2) is 13.0. The van der Waals surface area contributed by atoms with Gasteiger partial charge in [0.1, 0.15) is 6.54 Å². The van der Waals surface area contributed by atoms with E-state index in [2.05, 4.69) is 68.4 Å². The van der Waals surface area contributed by atoms with Gasteiger partial charge in [-0.25, -0.2) is 13.2 Å². The van der Waals surface area contributed by atoms with Gasteiger partial charge < -0.3 is 14.3 Å². The number of nitrogens with zero attached hydrogens (tertiary/aromatic N) is 3. The van der Waals surface area contributed by atoms with Crippen molar-refractivity contribution in [3.8, 4) is 0 Å². The highest BCUT2D eigenvalue weighted by Crippen LogP contribution is 2.48. The van der Waals surface area contributed by atoms with Crippen molar-refractivity contribution in [3.63, 3.8) is 0 Å². The Kier molecular flexibility index (Phi) is 9.43. The first-order valence-corrected chi connectivity index (χ1v) is 17.5. The lowest BCUT2D eigenvalue weighted by atomic mass is 9.81. The van der Waals surface area contributed by atoms with E-state index in [0.717, 1.165) is 28.3 Å². The summed E-state index contributed by atoms with van der Waals surface area (Å²) in [6, 6.07) is 13.5. The van der Waals surface area contributed by atoms with Crippen molar-refractivity contribution in [2.24, 2.45) is 0 Å². The number of allylic oxidation sites excluding steroid dienone is 6. The van der Waals surface area contributed by atoms with Gasteiger partial charge in [-0.3, -0.25) is 9.59 Å². The fourth-order valence-electron chi connectivity index (χ4n) is 6.72. The van der Waals surface area contributed by atoms with E-state index in [1.54, 1.807) is 12.1 Å². The van der Waals surface area contributed by atoms with Crippen LogP contribution < -0.4 is 4.90 Å². The summed E-state index contributed by atoms with van der Waals surface area (Å²) in [7, 11) is -4.24. The quantitative estimate of drug-likeness (QED) is 0.103. The van der Waals surface area contributed by atoms with Gasteiger partial charge in [0, 0.05) is 66.1 Å². The summed E-state index contributed by atoms with van der Waals surface area (Å²) in [6.45, 7) is 11.9. The van der Waals surface area contributed by atoms with Gasteiger partial charge in [-0.2, -0.15) is 4.58 Å². The topological polar surface area (TPSA) is 127 Å². The fraction of sp³-hybridized carbons (Fsp3) is 0.389. The number of carbonyl (C=O) groups is 3. The third-order valence-electron chi connectivity index (χ3n) is 9.18. The van der Waals surface area contributed by atoms with Crippen LogP contribution in [0.2, 0.25) is 0 Å². The molecule has 3 heterocycles. The van der Waals surface area contributed by atoms with Crippen LogP contribution in [0.4, 0.5) is 11.4 Å². The summed E-state index contributed by atoms with van der Waals surface area (Å²) >= 11 is 0. The molecule has 0 atom stereocenters. The molecular formula is C36H41N3O7S. The molecule has 5 rings (SSSR count). The molecule has 3 aliphatic heterocycles. The molecule has 248 valence electrons. The number of unbranched alkanes of at least 4 members (excludes halogenated alkanes) is 1. The molecule has 2 aromatic rings. The first kappa shape index (κ1) is 34.0. The summed E-state index contributed by atoms with van der Waals surface area (Å²) in [4.78, 5) is 44.1. The Bertz CT molecular complexity index is 1830. The van der Waals surface area contributed by atoms with Crippen LogP contribution in [0.25, 0.3) is 0 Å². The van der Waals surface area contributed by atoms with Gasteiger partial charge in [0.05, 0.1) is 21.1 Å². The molecule has 10 nitrogen and oxygen atoms in total. The van der Waals surface area contributed by atoms with Gasteiger partial charge in [-0.05, 0) is 57.0 Å². The van der Waals surface area contributed by atoms with Crippen LogP contribution in [0.15, 0.2) is 78.5 Å². The van der Waals surface area contributed by atoms with Crippen LogP contribution in [-0.2, 0) is 35.4 Å². The summed E-state index contributed by atoms with van der Waals surface area (Å²) in [5.41, 5.74) is 5.85. The van der Waals surface area contributed by atoms with Crippen molar-refractivity contribution in [2.45, 2.75) is 71.1 Å². The Balaban J connectivity index is 1.36. The van der Waals surface area contributed by atoms with Gasteiger partial charge in [0.25, 0.3) is 11.8 Å². The summed E-state index contributed by atoms with van der Waals surface area (Å²) in [6.07, 6.45) is 11.0. The second-order valence-electron chi connectivity index (χ2n) is 13.0. The van der Waals surface area contributed by atoms with Crippen LogP contribution in [0.5, 0.6) is 0 Å². The normalized spacial score (nSPS) is 19.5. The standard InChI is InChI=1S/C36H41N3O7S/c1-6-37-29-19-18-25(34(42)46-39-32(40)20-21-33(39)41)24-27(29)36(4,5)30(37)16-8-7-9-17-31-35(2,3)26-14-10-11-15-28(26)38(31)22-12-13-23-47(43,44)45/h7-11,14-19,24H,6,12-13,20-23H2,1-5H3. The lowest BCUT2D eigenvalue weighted by Crippen LogP contribution is -2.32. The fourth-order valence-corrected chi connectivity index (χ4v) is 7.28. The minimum atomic E-state index is -4.24. The molecule has 1 fully saturated rings. The maximum Gasteiger partial charge on any atom is 0.363 e. The molecule has 0 aromatic heterocycles. The number of benzene rings is 2. The highest BCUT2D eigenvalue weighted by molar-refractivity contribution is 7.85. The number of hydrogen-bond donors (Lipinski definition) is 0. The number of imide groups is 1. The maximum absolute atomic E-state index is 12.9. The number of amides is 2. The number of carbonyl (C=O) groups excluding carboxylic acids is 3. The largest absolute Gasteiger partial charge is 0.748 e. The Morgan fingerprint density at radius 2 is 1.66 bits per heavy atom. The zero-order chi connectivity index (χ0) is 34.1. The van der Waals surface area contributed by atoms with Crippen LogP contribution in [-0.4, -0.2) is 64.9 Å². The molecule has 0 saturated carbocycles. The van der Waals surface area contributed by atoms with Crippen molar-refractivity contribution >= 4 is 45.0 Å². The predicted molar refractivity (Wildman–Crippen MR) is 178 cm³/mol. The molecule has 0 spiro atoms. The van der Waals surface area contributed by atoms with E-state index in [1.165, 1.54) is 5.56 Å². The first-order chi connectivity index (χ1) is 22.2. The van der Waals surface area contributed by atoms with Crippen molar-refractivity contribution < 1.29 is 36.8 Å². The van der Waals surface area contributed by atoms with Gasteiger partial charge >= 0.3 is 5.97 Å². The average Bonchev–Trinajstić information content (AvgIpc) is 3.53. The predicted octanol–water partition coefficient (Wildman–Crippen LogP) is 5.42. The van der Waals surface area contributed by atoms with Crippen LogP contribution in [0.1, 0.15) is 81.8 Å². The molecule has 11 heteroatoms. The third kappa shape index (κ3) is 6.73. The third-order valence-corrected chi connectivity index (χ3v) is 9.97. The van der Waals surface area contributed by atoms with E-state index in [0.29, 0.717) is 31.0 Å². The van der Waals surface area contributed by atoms with E-state index >= 15 is 0 Å². The first-order valence-electron chi connectivity index (χ1n) is 15.9. The summed E-state index contributed by atoms with van der Waals surface area (Å²) in [5, 5.41) is 0.563. The average molecular weight is 660 g/mol. The molecule has 0 aliphatic carbocycles. The van der Waals surface area contributed by atoms with Crippen molar-refractivity contribution in [2.75, 3.05) is 23.7 Å². The number of para-hydroxylation sites is 1. The van der Waals surface area contributed by atoms with E-state index in [1.807, 2.05) is 36.4 Å². The van der Waals surface area contributed by atoms with Crippen LogP contribution >= 0.6 is 0 Å². The summed E-state index contributed by atoms with van der Waals surface area (Å²) < 4.78 is 35.6. The van der Waals surface area contributed by atoms with E-state index in [4.69, 9.17) is 4.84 Å². The number of hydrogen-bond acceptors (Lipinski definition) is 8. The summed E-state index contributed by atoms with van der Waals surface area (Å²) in [5.74, 6) is -2.16. The van der Waals surface area contributed by atoms with Gasteiger partial charge in [-0.15, -0.1) is 5.06 Å². The Hall–Kier alpha value is -4.35. The highest BCUT2D eigenvalue weighted by Gasteiger charge is 2.44. The number of rotatable bonds is 11. The molecule has 1 saturated heterocycles. The molecule has 0 bridgehead atoms. The van der Waals surface area contributed by atoms with Crippen molar-refractivity contribution in [1.82, 2.24) is 5.06 Å². The molecule has 0 unspecified atom stereocenters. The van der Waals surface area contributed by atoms with Gasteiger partial charge in [0.2, 0.25) is 5.69 Å². The molecule has 0 radical (unpaired) electrons. The minimum absolute atomic E-state index is 0.0342. The van der Waals surface area contributed by atoms with Crippen LogP contribution in [0, 0.1) is 0 Å². The number of fused-ring (bicyclic) bond motifs is 2. The van der Waals surface area contributed by atoms with Crippen LogP contribution in [0.3, 0.4) is 0 Å². The Morgan fingerprint density at radius 3 is 2.34 bits per heavy atom. The molecular weight excluding hydrogens is 618 g/mol. The molecule has 2 amide bonds. The van der Waals surface area contributed by atoms with Gasteiger partial charge in [0.15, 0.2) is 5.71 Å². The molecule has 0 N–H and O–H groups in total. The maximum atomic E-state index is 12.9. The molecule has 2 aromatic carbocycles. The Morgan fingerprint density at radius 1 is 0.957 bits per heavy atom. The van der Waals surface area contributed by atoms with Crippen molar-refractivity contribution in [3.05, 3.63) is 95.2 Å². The number of anilines is 1. The zero-order valence-corrected chi connectivity index (χ0v) is 28.3. The molecule has 47 heavy (non-hydrogen) atoms.